The Bertz CT molecular complexity index is 457. The fourth-order valence-corrected chi connectivity index (χ4v) is 2.02. The number of aliphatic carboxylic acids is 1. The van der Waals surface area contributed by atoms with E-state index in [2.05, 4.69) is 0 Å². The summed E-state index contributed by atoms with van der Waals surface area (Å²) >= 11 is 0. The number of carbonyl (C=O) groups excluding carboxylic acids is 1. The fourth-order valence-electron chi connectivity index (χ4n) is 2.02. The molecule has 0 bridgehead atoms. The van der Waals surface area contributed by atoms with Crippen molar-refractivity contribution in [2.24, 2.45) is 0 Å². The third-order valence-electron chi connectivity index (χ3n) is 2.75. The number of carboxylic acids is 1. The number of benzene rings is 1. The molecule has 1 aromatic rings. The maximum absolute atomic E-state index is 11.6. The minimum atomic E-state index is -0.946. The van der Waals surface area contributed by atoms with E-state index in [9.17, 15) is 9.59 Å². The lowest BCUT2D eigenvalue weighted by molar-refractivity contribution is -0.136. The Kier molecular flexibility index (Phi) is 2.86. The number of ketones is 1. The van der Waals surface area contributed by atoms with Gasteiger partial charge in [0.05, 0.1) is 6.42 Å². The second kappa shape index (κ2) is 4.31. The molecule has 0 amide bonds. The highest BCUT2D eigenvalue weighted by Crippen LogP contribution is 2.33. The van der Waals surface area contributed by atoms with E-state index >= 15 is 0 Å². The molecule has 82 valence electrons. The van der Waals surface area contributed by atoms with Crippen LogP contribution in [0.15, 0.2) is 35.9 Å². The first-order chi connectivity index (χ1) is 7.68. The molecule has 0 aromatic heterocycles. The van der Waals surface area contributed by atoms with Crippen LogP contribution in [-0.2, 0) is 9.59 Å². The highest BCUT2D eigenvalue weighted by atomic mass is 16.4. The Morgan fingerprint density at radius 1 is 1.19 bits per heavy atom. The second-order valence-corrected chi connectivity index (χ2v) is 3.82. The van der Waals surface area contributed by atoms with Crippen LogP contribution in [0.4, 0.5) is 0 Å². The molecule has 0 spiro atoms. The van der Waals surface area contributed by atoms with Crippen molar-refractivity contribution >= 4 is 17.3 Å². The van der Waals surface area contributed by atoms with E-state index in [-0.39, 0.29) is 12.2 Å². The summed E-state index contributed by atoms with van der Waals surface area (Å²) in [7, 11) is 0. The lowest BCUT2D eigenvalue weighted by Crippen LogP contribution is -2.04. The summed E-state index contributed by atoms with van der Waals surface area (Å²) in [5.41, 5.74) is 2.33. The summed E-state index contributed by atoms with van der Waals surface area (Å²) in [6.45, 7) is 0. The molecule has 1 N–H and O–H groups in total. The van der Waals surface area contributed by atoms with Crippen LogP contribution in [0.25, 0.3) is 5.57 Å². The molecule has 0 radical (unpaired) electrons. The molecular weight excluding hydrogens is 204 g/mol. The van der Waals surface area contributed by atoms with Crippen molar-refractivity contribution in [1.29, 1.82) is 0 Å². The molecule has 0 aliphatic heterocycles. The van der Waals surface area contributed by atoms with Crippen LogP contribution in [0.3, 0.4) is 0 Å². The number of allylic oxidation sites excluding steroid dienone is 1. The quantitative estimate of drug-likeness (QED) is 0.843. The van der Waals surface area contributed by atoms with Crippen molar-refractivity contribution in [2.75, 3.05) is 0 Å². The largest absolute Gasteiger partial charge is 0.481 e. The van der Waals surface area contributed by atoms with Crippen LogP contribution in [0, 0.1) is 0 Å². The van der Waals surface area contributed by atoms with Crippen LogP contribution in [0.5, 0.6) is 0 Å². The van der Waals surface area contributed by atoms with Crippen molar-refractivity contribution in [3.05, 3.63) is 41.5 Å². The van der Waals surface area contributed by atoms with Gasteiger partial charge in [0.2, 0.25) is 0 Å². The molecular formula is C13H12O3. The van der Waals surface area contributed by atoms with Gasteiger partial charge < -0.3 is 5.11 Å². The van der Waals surface area contributed by atoms with Crippen molar-refractivity contribution in [3.63, 3.8) is 0 Å². The zero-order valence-corrected chi connectivity index (χ0v) is 8.77. The van der Waals surface area contributed by atoms with Gasteiger partial charge in [-0.25, -0.2) is 0 Å². The standard InChI is InChI=1S/C13H12O3/c14-12-7-6-10(11(12)8-13(15)16)9-4-2-1-3-5-9/h1-5H,6-8H2,(H,15,16). The van der Waals surface area contributed by atoms with Gasteiger partial charge in [-0.1, -0.05) is 30.3 Å². The van der Waals surface area contributed by atoms with Gasteiger partial charge in [0.15, 0.2) is 5.78 Å². The van der Waals surface area contributed by atoms with Crippen LogP contribution >= 0.6 is 0 Å². The van der Waals surface area contributed by atoms with Gasteiger partial charge in [0.1, 0.15) is 0 Å². The highest BCUT2D eigenvalue weighted by Gasteiger charge is 2.25. The third kappa shape index (κ3) is 2.03. The average molecular weight is 216 g/mol. The van der Waals surface area contributed by atoms with E-state index < -0.39 is 5.97 Å². The highest BCUT2D eigenvalue weighted by molar-refractivity contribution is 6.09. The minimum Gasteiger partial charge on any atom is -0.481 e. The van der Waals surface area contributed by atoms with E-state index in [1.807, 2.05) is 30.3 Å². The Labute approximate surface area is 93.4 Å². The van der Waals surface area contributed by atoms with E-state index in [4.69, 9.17) is 5.11 Å². The lowest BCUT2D eigenvalue weighted by Gasteiger charge is -2.04. The van der Waals surface area contributed by atoms with Crippen LogP contribution in [0.1, 0.15) is 24.8 Å². The lowest BCUT2D eigenvalue weighted by atomic mass is 10.0. The Balaban J connectivity index is 2.40. The molecule has 3 nitrogen and oxygen atoms in total. The number of carbonyl (C=O) groups is 2. The van der Waals surface area contributed by atoms with Crippen molar-refractivity contribution in [1.82, 2.24) is 0 Å². The van der Waals surface area contributed by atoms with E-state index in [0.29, 0.717) is 18.4 Å². The SMILES string of the molecule is O=C(O)CC1=C(c2ccccc2)CCC1=O. The number of rotatable bonds is 3. The van der Waals surface area contributed by atoms with Crippen molar-refractivity contribution < 1.29 is 14.7 Å². The summed E-state index contributed by atoms with van der Waals surface area (Å²) in [6, 6.07) is 9.51. The summed E-state index contributed by atoms with van der Waals surface area (Å²) in [5.74, 6) is -0.972. The Hall–Kier alpha value is -1.90. The van der Waals surface area contributed by atoms with Crippen LogP contribution in [-0.4, -0.2) is 16.9 Å². The number of hydrogen-bond acceptors (Lipinski definition) is 2. The number of carboxylic acid groups (broad SMARTS) is 1. The maximum Gasteiger partial charge on any atom is 0.307 e. The van der Waals surface area contributed by atoms with Gasteiger partial charge in [0.25, 0.3) is 0 Å². The molecule has 0 atom stereocenters. The predicted molar refractivity (Wildman–Crippen MR) is 59.9 cm³/mol. The first kappa shape index (κ1) is 10.6. The van der Waals surface area contributed by atoms with E-state index in [1.165, 1.54) is 0 Å². The van der Waals surface area contributed by atoms with Gasteiger partial charge >= 0.3 is 5.97 Å². The fraction of sp³-hybridized carbons (Fsp3) is 0.231. The van der Waals surface area contributed by atoms with Gasteiger partial charge in [0, 0.05) is 12.0 Å². The van der Waals surface area contributed by atoms with Crippen LogP contribution < -0.4 is 0 Å². The zero-order chi connectivity index (χ0) is 11.5. The van der Waals surface area contributed by atoms with E-state index in [0.717, 1.165) is 11.1 Å². The molecule has 0 saturated carbocycles. The van der Waals surface area contributed by atoms with Gasteiger partial charge in [-0.05, 0) is 17.6 Å². The molecule has 1 aliphatic rings. The van der Waals surface area contributed by atoms with E-state index in [1.54, 1.807) is 0 Å². The molecule has 1 aromatic carbocycles. The second-order valence-electron chi connectivity index (χ2n) is 3.82. The molecule has 16 heavy (non-hydrogen) atoms. The zero-order valence-electron chi connectivity index (χ0n) is 8.77. The number of Topliss-reactive ketones (excluding diaryl/α,β-unsaturated/α-hetero) is 1. The van der Waals surface area contributed by atoms with Crippen molar-refractivity contribution in [2.45, 2.75) is 19.3 Å². The Morgan fingerprint density at radius 2 is 1.88 bits per heavy atom. The molecule has 0 saturated heterocycles. The van der Waals surface area contributed by atoms with Crippen LogP contribution in [0.2, 0.25) is 0 Å². The third-order valence-corrected chi connectivity index (χ3v) is 2.75. The molecule has 1 aliphatic carbocycles. The monoisotopic (exact) mass is 216 g/mol. The van der Waals surface area contributed by atoms with Crippen molar-refractivity contribution in [3.8, 4) is 0 Å². The molecule has 3 heteroatoms. The van der Waals surface area contributed by atoms with Gasteiger partial charge in [-0.2, -0.15) is 0 Å². The topological polar surface area (TPSA) is 54.4 Å². The maximum atomic E-state index is 11.6. The average Bonchev–Trinajstić information content (AvgIpc) is 2.61. The predicted octanol–water partition coefficient (Wildman–Crippen LogP) is 2.28. The number of hydrogen-bond donors (Lipinski definition) is 1. The molecule has 0 unspecified atom stereocenters. The minimum absolute atomic E-state index is 0.0266. The normalized spacial score (nSPS) is 15.6. The summed E-state index contributed by atoms with van der Waals surface area (Å²) in [4.78, 5) is 22.3. The smallest absolute Gasteiger partial charge is 0.307 e. The van der Waals surface area contributed by atoms with Gasteiger partial charge in [-0.15, -0.1) is 0 Å². The Morgan fingerprint density at radius 3 is 2.50 bits per heavy atom. The molecule has 0 heterocycles. The van der Waals surface area contributed by atoms with Gasteiger partial charge in [-0.3, -0.25) is 9.59 Å². The summed E-state index contributed by atoms with van der Waals surface area (Å²) in [5, 5.41) is 8.77. The summed E-state index contributed by atoms with van der Waals surface area (Å²) in [6.07, 6.45) is 0.932. The first-order valence-electron chi connectivity index (χ1n) is 5.21. The molecule has 2 rings (SSSR count). The summed E-state index contributed by atoms with van der Waals surface area (Å²) < 4.78 is 0. The molecule has 0 fully saturated rings. The first-order valence-corrected chi connectivity index (χ1v) is 5.21.